The normalized spacial score (nSPS) is 17.6. The first-order valence-corrected chi connectivity index (χ1v) is 8.81. The second-order valence-corrected chi connectivity index (χ2v) is 7.29. The fraction of sp³-hybridized carbons (Fsp3) is 0.111. The molecule has 122 valence electrons. The fourth-order valence-corrected chi connectivity index (χ4v) is 3.45. The Morgan fingerprint density at radius 3 is 2.58 bits per heavy atom. The van der Waals surface area contributed by atoms with Gasteiger partial charge >= 0.3 is 0 Å². The second-order valence-electron chi connectivity index (χ2n) is 5.42. The van der Waals surface area contributed by atoms with Gasteiger partial charge in [0.2, 0.25) is 0 Å². The van der Waals surface area contributed by atoms with Crippen molar-refractivity contribution in [1.29, 1.82) is 0 Å². The van der Waals surface area contributed by atoms with Crippen LogP contribution in [0, 0.1) is 13.8 Å². The lowest BCUT2D eigenvalue weighted by Crippen LogP contribution is -2.19. The van der Waals surface area contributed by atoms with E-state index in [2.05, 4.69) is 17.2 Å². The van der Waals surface area contributed by atoms with Crippen LogP contribution in [0.2, 0.25) is 10.0 Å². The minimum absolute atomic E-state index is 0.186. The number of nitrogens with zero attached hydrogens (tertiary/aromatic N) is 1. The molecule has 3 nitrogen and oxygen atoms in total. The van der Waals surface area contributed by atoms with Gasteiger partial charge in [-0.25, -0.2) is 4.99 Å². The molecule has 0 aliphatic carbocycles. The highest BCUT2D eigenvalue weighted by molar-refractivity contribution is 8.18. The minimum atomic E-state index is -0.186. The van der Waals surface area contributed by atoms with Crippen LogP contribution in [-0.4, -0.2) is 11.1 Å². The van der Waals surface area contributed by atoms with Crippen molar-refractivity contribution in [3.05, 3.63) is 68.0 Å². The van der Waals surface area contributed by atoms with Crippen LogP contribution < -0.4 is 5.32 Å². The standard InChI is InChI=1S/C18H14Cl2N2OS/c1-10-3-6-14(7-11(10)2)21-18-22-17(23)16(24-18)8-12-4-5-13(19)9-15(12)20/h3-9H,1-2H3,(H,21,22,23)/b16-8+. The largest absolute Gasteiger partial charge is 0.300 e. The van der Waals surface area contributed by atoms with Crippen LogP contribution in [0.4, 0.5) is 5.69 Å². The van der Waals surface area contributed by atoms with Crippen molar-refractivity contribution in [3.8, 4) is 0 Å². The van der Waals surface area contributed by atoms with E-state index in [1.807, 2.05) is 25.1 Å². The molecule has 1 heterocycles. The van der Waals surface area contributed by atoms with Gasteiger partial charge < -0.3 is 5.32 Å². The third kappa shape index (κ3) is 3.83. The SMILES string of the molecule is Cc1ccc(N=C2NC(=O)/C(=C\c3ccc(Cl)cc3Cl)S2)cc1C. The maximum Gasteiger partial charge on any atom is 0.264 e. The van der Waals surface area contributed by atoms with E-state index in [4.69, 9.17) is 23.2 Å². The Kier molecular flexibility index (Phi) is 4.99. The molecule has 1 N–H and O–H groups in total. The van der Waals surface area contributed by atoms with Crippen LogP contribution in [-0.2, 0) is 4.79 Å². The molecule has 0 bridgehead atoms. The molecular weight excluding hydrogens is 363 g/mol. The summed E-state index contributed by atoms with van der Waals surface area (Å²) in [6, 6.07) is 11.1. The van der Waals surface area contributed by atoms with Crippen molar-refractivity contribution in [2.75, 3.05) is 0 Å². The summed E-state index contributed by atoms with van der Waals surface area (Å²) < 4.78 is 0. The fourth-order valence-electron chi connectivity index (χ4n) is 2.15. The van der Waals surface area contributed by atoms with Crippen molar-refractivity contribution >= 4 is 57.8 Å². The summed E-state index contributed by atoms with van der Waals surface area (Å²) in [7, 11) is 0. The molecule has 6 heteroatoms. The molecule has 2 aromatic carbocycles. The molecule has 0 radical (unpaired) electrons. The summed E-state index contributed by atoms with van der Waals surface area (Å²) in [5.41, 5.74) is 3.92. The van der Waals surface area contributed by atoms with Crippen LogP contribution in [0.5, 0.6) is 0 Å². The maximum absolute atomic E-state index is 12.1. The number of halogens is 2. The smallest absolute Gasteiger partial charge is 0.264 e. The maximum atomic E-state index is 12.1. The summed E-state index contributed by atoms with van der Waals surface area (Å²) in [5.74, 6) is -0.186. The van der Waals surface area contributed by atoms with E-state index >= 15 is 0 Å². The molecule has 1 saturated heterocycles. The van der Waals surface area contributed by atoms with Gasteiger partial charge in [0.25, 0.3) is 5.91 Å². The van der Waals surface area contributed by atoms with E-state index in [9.17, 15) is 4.79 Å². The van der Waals surface area contributed by atoms with Crippen LogP contribution in [0.25, 0.3) is 6.08 Å². The van der Waals surface area contributed by atoms with Crippen molar-refractivity contribution in [1.82, 2.24) is 5.32 Å². The Balaban J connectivity index is 1.86. The molecule has 0 aromatic heterocycles. The van der Waals surface area contributed by atoms with Gasteiger partial charge in [-0.15, -0.1) is 0 Å². The number of aliphatic imine (C=N–C) groups is 1. The first kappa shape index (κ1) is 17.1. The molecule has 0 saturated carbocycles. The zero-order valence-corrected chi connectivity index (χ0v) is 15.4. The lowest BCUT2D eigenvalue weighted by Gasteiger charge is -2.01. The van der Waals surface area contributed by atoms with E-state index in [0.29, 0.717) is 20.1 Å². The van der Waals surface area contributed by atoms with Gasteiger partial charge in [0, 0.05) is 10.0 Å². The van der Waals surface area contributed by atoms with Crippen LogP contribution in [0.1, 0.15) is 16.7 Å². The quantitative estimate of drug-likeness (QED) is 0.702. The molecule has 0 unspecified atom stereocenters. The summed E-state index contributed by atoms with van der Waals surface area (Å²) >= 11 is 13.3. The average Bonchev–Trinajstić information content (AvgIpc) is 2.85. The molecule has 1 aliphatic heterocycles. The van der Waals surface area contributed by atoms with Crippen molar-refractivity contribution < 1.29 is 4.79 Å². The zero-order valence-electron chi connectivity index (χ0n) is 13.1. The van der Waals surface area contributed by atoms with Gasteiger partial charge in [-0.2, -0.15) is 0 Å². The van der Waals surface area contributed by atoms with Crippen molar-refractivity contribution in [3.63, 3.8) is 0 Å². The van der Waals surface area contributed by atoms with E-state index in [1.165, 1.54) is 17.3 Å². The number of benzene rings is 2. The number of thioether (sulfide) groups is 1. The third-order valence-corrected chi connectivity index (χ3v) is 5.09. The average molecular weight is 377 g/mol. The number of carbonyl (C=O) groups is 1. The van der Waals surface area contributed by atoms with Crippen molar-refractivity contribution in [2.45, 2.75) is 13.8 Å². The van der Waals surface area contributed by atoms with E-state index in [0.717, 1.165) is 16.8 Å². The molecule has 1 fully saturated rings. The highest BCUT2D eigenvalue weighted by Gasteiger charge is 2.24. The first-order chi connectivity index (χ1) is 11.4. The number of carbonyl (C=O) groups excluding carboxylic acids is 1. The molecule has 2 aromatic rings. The summed E-state index contributed by atoms with van der Waals surface area (Å²) in [6.45, 7) is 4.09. The highest BCUT2D eigenvalue weighted by Crippen LogP contribution is 2.31. The van der Waals surface area contributed by atoms with E-state index in [1.54, 1.807) is 24.3 Å². The van der Waals surface area contributed by atoms with E-state index < -0.39 is 0 Å². The molecular formula is C18H14Cl2N2OS. The number of amidine groups is 1. The molecule has 24 heavy (non-hydrogen) atoms. The van der Waals surface area contributed by atoms with Gasteiger partial charge in [-0.1, -0.05) is 35.3 Å². The third-order valence-electron chi connectivity index (χ3n) is 3.62. The van der Waals surface area contributed by atoms with Gasteiger partial charge in [0.15, 0.2) is 5.17 Å². The summed E-state index contributed by atoms with van der Waals surface area (Å²) in [6.07, 6.45) is 1.74. The summed E-state index contributed by atoms with van der Waals surface area (Å²) in [5, 5.41) is 4.39. The topological polar surface area (TPSA) is 41.5 Å². The Morgan fingerprint density at radius 2 is 1.88 bits per heavy atom. The predicted molar refractivity (Wildman–Crippen MR) is 103 cm³/mol. The molecule has 1 aliphatic rings. The number of hydrogen-bond acceptors (Lipinski definition) is 3. The van der Waals surface area contributed by atoms with E-state index in [-0.39, 0.29) is 5.91 Å². The molecule has 3 rings (SSSR count). The Hall–Kier alpha value is -1.75. The number of rotatable bonds is 2. The molecule has 1 amide bonds. The lowest BCUT2D eigenvalue weighted by atomic mass is 10.1. The molecule has 0 atom stereocenters. The van der Waals surface area contributed by atoms with Gasteiger partial charge in [-0.3, -0.25) is 4.79 Å². The van der Waals surface area contributed by atoms with Gasteiger partial charge in [0.05, 0.1) is 10.6 Å². The number of hydrogen-bond donors (Lipinski definition) is 1. The predicted octanol–water partition coefficient (Wildman–Crippen LogP) is 5.50. The monoisotopic (exact) mass is 376 g/mol. The highest BCUT2D eigenvalue weighted by atomic mass is 35.5. The molecule has 0 spiro atoms. The Labute approximate surface area is 154 Å². The second kappa shape index (κ2) is 7.01. The summed E-state index contributed by atoms with van der Waals surface area (Å²) in [4.78, 5) is 17.2. The number of amides is 1. The van der Waals surface area contributed by atoms with Gasteiger partial charge in [0.1, 0.15) is 0 Å². The van der Waals surface area contributed by atoms with Crippen LogP contribution in [0.15, 0.2) is 46.3 Å². The van der Waals surface area contributed by atoms with Crippen molar-refractivity contribution in [2.24, 2.45) is 4.99 Å². The van der Waals surface area contributed by atoms with Crippen LogP contribution in [0.3, 0.4) is 0 Å². The zero-order chi connectivity index (χ0) is 17.3. The Bertz CT molecular complexity index is 891. The first-order valence-electron chi connectivity index (χ1n) is 7.24. The lowest BCUT2D eigenvalue weighted by molar-refractivity contribution is -0.115. The number of aryl methyl sites for hydroxylation is 2. The number of nitrogens with one attached hydrogen (secondary N) is 1. The van der Waals surface area contributed by atoms with Gasteiger partial charge in [-0.05, 0) is 72.6 Å². The minimum Gasteiger partial charge on any atom is -0.300 e. The van der Waals surface area contributed by atoms with Crippen LogP contribution >= 0.6 is 35.0 Å². The Morgan fingerprint density at radius 1 is 1.08 bits per heavy atom.